The number of aromatic nitrogens is 2. The summed E-state index contributed by atoms with van der Waals surface area (Å²) in [5.74, 6) is -0.787. The normalized spacial score (nSPS) is 11.5. The molecule has 1 heterocycles. The van der Waals surface area contributed by atoms with Gasteiger partial charge in [0.25, 0.3) is 5.91 Å². The minimum atomic E-state index is -0.806. The van der Waals surface area contributed by atoms with Crippen molar-refractivity contribution in [1.82, 2.24) is 14.9 Å². The van der Waals surface area contributed by atoms with Gasteiger partial charge in [0.1, 0.15) is 6.04 Å². The van der Waals surface area contributed by atoms with Crippen LogP contribution in [0.4, 0.5) is 5.69 Å². The number of carbonyl (C=O) groups is 3. The van der Waals surface area contributed by atoms with E-state index < -0.39 is 18.2 Å². The maximum absolute atomic E-state index is 13.5. The molecule has 4 aromatic rings. The van der Waals surface area contributed by atoms with Crippen molar-refractivity contribution in [2.75, 3.05) is 26.5 Å². The molecule has 36 heavy (non-hydrogen) atoms. The average Bonchev–Trinajstić information content (AvgIpc) is 2.91. The van der Waals surface area contributed by atoms with Crippen molar-refractivity contribution in [2.45, 2.75) is 12.5 Å². The number of Topliss-reactive ketones (excluding diaryl/α,β-unsaturated/α-hetero) is 2. The highest BCUT2D eigenvalue weighted by Crippen LogP contribution is 2.26. The number of hydrogen-bond donors (Lipinski definition) is 1. The number of carbonyl (C=O) groups excluding carboxylic acids is 3. The molecule has 0 aliphatic heterocycles. The van der Waals surface area contributed by atoms with E-state index in [1.807, 2.05) is 42.5 Å². The Bertz CT molecular complexity index is 1420. The molecule has 0 fully saturated rings. The van der Waals surface area contributed by atoms with Gasteiger partial charge < -0.3 is 15.0 Å². The van der Waals surface area contributed by atoms with Crippen molar-refractivity contribution in [2.24, 2.45) is 0 Å². The first-order valence-corrected chi connectivity index (χ1v) is 11.4. The topological polar surface area (TPSA) is 101 Å². The predicted octanol–water partition coefficient (Wildman–Crippen LogP) is 4.34. The molecule has 1 atom stereocenters. The number of methoxy groups -OCH3 is 1. The lowest BCUT2D eigenvalue weighted by Gasteiger charge is -2.20. The van der Waals surface area contributed by atoms with Crippen molar-refractivity contribution in [1.29, 1.82) is 0 Å². The Hall–Kier alpha value is -4.59. The van der Waals surface area contributed by atoms with Gasteiger partial charge in [-0.15, -0.1) is 0 Å². The van der Waals surface area contributed by atoms with Gasteiger partial charge in [0.2, 0.25) is 11.7 Å². The molecular weight excluding hydrogens is 456 g/mol. The summed E-state index contributed by atoms with van der Waals surface area (Å²) < 4.78 is 5.06. The van der Waals surface area contributed by atoms with Crippen LogP contribution >= 0.6 is 0 Å². The molecule has 1 aromatic heterocycles. The van der Waals surface area contributed by atoms with Crippen molar-refractivity contribution >= 4 is 33.9 Å². The van der Waals surface area contributed by atoms with E-state index in [9.17, 15) is 14.4 Å². The van der Waals surface area contributed by atoms with Crippen LogP contribution in [0.1, 0.15) is 39.0 Å². The Morgan fingerprint density at radius 1 is 0.944 bits per heavy atom. The fourth-order valence-corrected chi connectivity index (χ4v) is 3.80. The van der Waals surface area contributed by atoms with E-state index in [0.717, 1.165) is 10.8 Å². The molecule has 8 heteroatoms. The Morgan fingerprint density at radius 3 is 2.36 bits per heavy atom. The average molecular weight is 483 g/mol. The first-order valence-electron chi connectivity index (χ1n) is 11.4. The second-order valence-corrected chi connectivity index (χ2v) is 8.45. The zero-order chi connectivity index (χ0) is 25.7. The Morgan fingerprint density at radius 2 is 1.67 bits per heavy atom. The third kappa shape index (κ3) is 5.55. The van der Waals surface area contributed by atoms with Crippen LogP contribution in [0.15, 0.2) is 79.0 Å². The fourth-order valence-electron chi connectivity index (χ4n) is 3.80. The van der Waals surface area contributed by atoms with Gasteiger partial charge >= 0.3 is 0 Å². The summed E-state index contributed by atoms with van der Waals surface area (Å²) in [4.78, 5) is 48.1. The van der Waals surface area contributed by atoms with Gasteiger partial charge in [0, 0.05) is 37.6 Å². The van der Waals surface area contributed by atoms with E-state index >= 15 is 0 Å². The largest absolute Gasteiger partial charge is 0.481 e. The lowest BCUT2D eigenvalue weighted by molar-refractivity contribution is -0.119. The van der Waals surface area contributed by atoms with E-state index in [2.05, 4.69) is 15.3 Å². The van der Waals surface area contributed by atoms with Crippen LogP contribution in [0.3, 0.4) is 0 Å². The molecule has 0 aliphatic carbocycles. The van der Waals surface area contributed by atoms with Crippen LogP contribution in [-0.2, 0) is 4.79 Å². The minimum absolute atomic E-state index is 0.0773. The lowest BCUT2D eigenvalue weighted by atomic mass is 9.96. The van der Waals surface area contributed by atoms with Crippen LogP contribution in [0.2, 0.25) is 0 Å². The molecule has 0 aliphatic rings. The van der Waals surface area contributed by atoms with Crippen LogP contribution in [0, 0.1) is 0 Å². The maximum atomic E-state index is 13.5. The fraction of sp³-hybridized carbons (Fsp3) is 0.179. The molecule has 0 saturated heterocycles. The van der Waals surface area contributed by atoms with Crippen LogP contribution < -0.4 is 10.1 Å². The highest BCUT2D eigenvalue weighted by Gasteiger charge is 2.25. The molecule has 1 N–H and O–H groups in total. The molecular formula is C28H26N4O4. The lowest BCUT2D eigenvalue weighted by Crippen LogP contribution is -2.24. The summed E-state index contributed by atoms with van der Waals surface area (Å²) in [6.07, 6.45) is 1.02. The van der Waals surface area contributed by atoms with Gasteiger partial charge in [0.05, 0.1) is 13.5 Å². The van der Waals surface area contributed by atoms with Gasteiger partial charge in [-0.25, -0.2) is 4.98 Å². The summed E-state index contributed by atoms with van der Waals surface area (Å²) >= 11 is 0. The number of fused-ring (bicyclic) bond motifs is 1. The Kier molecular flexibility index (Phi) is 7.34. The highest BCUT2D eigenvalue weighted by atomic mass is 16.5. The highest BCUT2D eigenvalue weighted by molar-refractivity contribution is 6.08. The summed E-state index contributed by atoms with van der Waals surface area (Å²) in [5, 5.41) is 5.26. The smallest absolute Gasteiger partial charge is 0.253 e. The summed E-state index contributed by atoms with van der Waals surface area (Å²) in [6, 6.07) is 21.2. The minimum Gasteiger partial charge on any atom is -0.481 e. The molecule has 1 amide bonds. The van der Waals surface area contributed by atoms with E-state index in [1.54, 1.807) is 38.4 Å². The molecule has 8 nitrogen and oxygen atoms in total. The third-order valence-corrected chi connectivity index (χ3v) is 5.70. The number of ketones is 2. The number of anilines is 1. The second kappa shape index (κ2) is 10.8. The van der Waals surface area contributed by atoms with Crippen molar-refractivity contribution in [3.63, 3.8) is 0 Å². The number of ether oxygens (including phenoxy) is 1. The van der Waals surface area contributed by atoms with Crippen molar-refractivity contribution < 1.29 is 19.1 Å². The van der Waals surface area contributed by atoms with Gasteiger partial charge in [0.15, 0.2) is 11.6 Å². The van der Waals surface area contributed by atoms with Gasteiger partial charge in [-0.05, 0) is 46.7 Å². The number of rotatable bonds is 9. The Labute approximate surface area is 208 Å². The number of amides is 1. The summed E-state index contributed by atoms with van der Waals surface area (Å²) in [6.45, 7) is 0. The number of hydrogen-bond acceptors (Lipinski definition) is 7. The standard InChI is InChI=1S/C28H26N4O4/c1-32(2)28(35)19-10-12-22(13-11-19)30-26(21-9-8-18-6-4-5-7-20(18)16-21)23(33)17-24(34)27-29-15-14-25(31-27)36-3/h4-16,26,30H,17H2,1-3H3. The van der Waals surface area contributed by atoms with Crippen LogP contribution in [0.25, 0.3) is 10.8 Å². The second-order valence-electron chi connectivity index (χ2n) is 8.45. The van der Waals surface area contributed by atoms with E-state index in [0.29, 0.717) is 16.8 Å². The van der Waals surface area contributed by atoms with Gasteiger partial charge in [-0.1, -0.05) is 36.4 Å². The maximum Gasteiger partial charge on any atom is 0.253 e. The SMILES string of the molecule is COc1ccnc(C(=O)CC(=O)C(Nc2ccc(C(=O)N(C)C)cc2)c2ccc3ccccc3c2)n1. The molecule has 0 bridgehead atoms. The van der Waals surface area contributed by atoms with E-state index in [4.69, 9.17) is 4.74 Å². The Balaban J connectivity index is 1.63. The summed E-state index contributed by atoms with van der Waals surface area (Å²) in [7, 11) is 4.82. The van der Waals surface area contributed by atoms with Crippen LogP contribution in [0.5, 0.6) is 5.88 Å². The zero-order valence-corrected chi connectivity index (χ0v) is 20.3. The van der Waals surface area contributed by atoms with E-state index in [-0.39, 0.29) is 23.4 Å². The molecule has 182 valence electrons. The third-order valence-electron chi connectivity index (χ3n) is 5.70. The quantitative estimate of drug-likeness (QED) is 0.280. The van der Waals surface area contributed by atoms with Gasteiger partial charge in [-0.3, -0.25) is 14.4 Å². The molecule has 0 spiro atoms. The van der Waals surface area contributed by atoms with E-state index in [1.165, 1.54) is 24.3 Å². The monoisotopic (exact) mass is 482 g/mol. The van der Waals surface area contributed by atoms with Crippen molar-refractivity contribution in [3.8, 4) is 5.88 Å². The predicted molar refractivity (Wildman–Crippen MR) is 137 cm³/mol. The molecule has 0 saturated carbocycles. The summed E-state index contributed by atoms with van der Waals surface area (Å²) in [5.41, 5.74) is 1.89. The zero-order valence-electron chi connectivity index (χ0n) is 20.3. The molecule has 1 unspecified atom stereocenters. The first kappa shape index (κ1) is 24.5. The van der Waals surface area contributed by atoms with Crippen LogP contribution in [-0.4, -0.2) is 53.5 Å². The molecule has 0 radical (unpaired) electrons. The first-order chi connectivity index (χ1) is 17.4. The van der Waals surface area contributed by atoms with Crippen molar-refractivity contribution in [3.05, 3.63) is 95.9 Å². The number of nitrogens with zero attached hydrogens (tertiary/aromatic N) is 3. The molecule has 3 aromatic carbocycles. The number of nitrogens with one attached hydrogen (secondary N) is 1. The van der Waals surface area contributed by atoms with Gasteiger partial charge in [-0.2, -0.15) is 4.98 Å². The molecule has 4 rings (SSSR count). The number of benzene rings is 3.